The number of hydrogen-bond acceptors (Lipinski definition) is 12. The zero-order valence-electron chi connectivity index (χ0n) is 29.2. The average molecular weight is 708 g/mol. The normalized spacial score (nSPS) is 15.1. The molecule has 50 heavy (non-hydrogen) atoms. The highest BCUT2D eigenvalue weighted by Crippen LogP contribution is 2.27. The Labute approximate surface area is 290 Å². The van der Waals surface area contributed by atoms with Crippen molar-refractivity contribution >= 4 is 30.0 Å². The first-order valence-electron chi connectivity index (χ1n) is 16.3. The van der Waals surface area contributed by atoms with Crippen molar-refractivity contribution in [3.8, 4) is 5.75 Å². The van der Waals surface area contributed by atoms with E-state index in [0.717, 1.165) is 18.1 Å². The van der Waals surface area contributed by atoms with Crippen LogP contribution in [0.1, 0.15) is 61.0 Å². The molecule has 2 aliphatic heterocycles. The first-order chi connectivity index (χ1) is 23.9. The van der Waals surface area contributed by atoms with Crippen LogP contribution in [0.2, 0.25) is 0 Å². The summed E-state index contributed by atoms with van der Waals surface area (Å²) in [4.78, 5) is 54.8. The summed E-state index contributed by atoms with van der Waals surface area (Å²) in [5.74, 6) is 0.404. The Morgan fingerprint density at radius 3 is 2.38 bits per heavy atom. The van der Waals surface area contributed by atoms with Gasteiger partial charge >= 0.3 is 6.18 Å². The molecule has 0 radical (unpaired) electrons. The van der Waals surface area contributed by atoms with Gasteiger partial charge in [0, 0.05) is 45.3 Å². The molecule has 1 fully saturated rings. The summed E-state index contributed by atoms with van der Waals surface area (Å²) in [7, 11) is 3.49. The second kappa shape index (κ2) is 20.8. The van der Waals surface area contributed by atoms with Gasteiger partial charge in [-0.15, -0.1) is 18.3 Å². The molecule has 2 aromatic heterocycles. The molecule has 0 spiro atoms. The minimum absolute atomic E-state index is 0.000559. The highest BCUT2D eigenvalue weighted by atomic mass is 19.4. The third-order valence-corrected chi connectivity index (χ3v) is 7.81. The third-order valence-electron chi connectivity index (χ3n) is 7.81. The van der Waals surface area contributed by atoms with Crippen molar-refractivity contribution in [1.29, 1.82) is 0 Å². The van der Waals surface area contributed by atoms with Gasteiger partial charge in [0.2, 0.25) is 5.95 Å². The minimum Gasteiger partial charge on any atom is -0.504 e. The third kappa shape index (κ3) is 11.8. The molecule has 2 N–H and O–H groups in total. The molecule has 4 rings (SSSR count). The molecule has 0 aromatic carbocycles. The summed E-state index contributed by atoms with van der Waals surface area (Å²) < 4.78 is 41.4. The number of rotatable bonds is 13. The van der Waals surface area contributed by atoms with Gasteiger partial charge in [-0.25, -0.2) is 14.6 Å². The molecule has 1 saturated heterocycles. The number of alkyl halides is 3. The second-order valence-electron chi connectivity index (χ2n) is 11.1. The van der Waals surface area contributed by atoms with Gasteiger partial charge in [0.15, 0.2) is 23.6 Å². The Morgan fingerprint density at radius 1 is 1.14 bits per heavy atom. The van der Waals surface area contributed by atoms with Crippen LogP contribution in [-0.2, 0) is 21.4 Å². The van der Waals surface area contributed by atoms with Crippen LogP contribution in [0.15, 0.2) is 37.0 Å². The first-order valence-corrected chi connectivity index (χ1v) is 16.3. The summed E-state index contributed by atoms with van der Waals surface area (Å²) >= 11 is 0. The Morgan fingerprint density at radius 2 is 1.82 bits per heavy atom. The SMILES string of the molecule is C=C.CC/C(=C(/C=O)N1CCN(C(=O)c2ncnc(C)c2O)CC1)N(CC=O)c1nc(C2=CCOCC2)nn1C.CNCCCCC(F)(F)F. The number of nitrogens with one attached hydrogen (secondary N) is 1. The van der Waals surface area contributed by atoms with Crippen molar-refractivity contribution in [2.24, 2.45) is 7.05 Å². The molecule has 2 aromatic rings. The van der Waals surface area contributed by atoms with E-state index in [1.54, 1.807) is 35.5 Å². The topological polar surface area (TPSA) is 159 Å². The van der Waals surface area contributed by atoms with Gasteiger partial charge in [-0.3, -0.25) is 9.59 Å². The summed E-state index contributed by atoms with van der Waals surface area (Å²) in [5.41, 5.74) is 2.33. The van der Waals surface area contributed by atoms with Gasteiger partial charge in [0.05, 0.1) is 31.1 Å². The van der Waals surface area contributed by atoms with Crippen LogP contribution in [0.4, 0.5) is 19.1 Å². The number of amides is 1. The Balaban J connectivity index is 0.000000623. The number of nitrogens with zero attached hydrogens (tertiary/aromatic N) is 8. The number of allylic oxidation sites excluding steroid dienone is 2. The summed E-state index contributed by atoms with van der Waals surface area (Å²) in [6.07, 6.45) is 2.10. The number of aryl methyl sites for hydroxylation is 2. The lowest BCUT2D eigenvalue weighted by Crippen LogP contribution is -2.49. The van der Waals surface area contributed by atoms with Crippen LogP contribution in [0.3, 0.4) is 0 Å². The van der Waals surface area contributed by atoms with E-state index in [1.165, 1.54) is 6.33 Å². The van der Waals surface area contributed by atoms with Crippen LogP contribution < -0.4 is 10.2 Å². The number of ether oxygens (including phenoxy) is 1. The molecule has 0 bridgehead atoms. The molecule has 276 valence electrons. The number of carbonyl (C=O) groups is 3. The minimum atomic E-state index is -3.98. The van der Waals surface area contributed by atoms with Crippen LogP contribution in [0.5, 0.6) is 5.75 Å². The van der Waals surface area contributed by atoms with E-state index >= 15 is 0 Å². The zero-order chi connectivity index (χ0) is 37.3. The smallest absolute Gasteiger partial charge is 0.389 e. The molecular weight excluding hydrogens is 659 g/mol. The molecule has 0 atom stereocenters. The van der Waals surface area contributed by atoms with Gasteiger partial charge in [-0.2, -0.15) is 18.2 Å². The van der Waals surface area contributed by atoms with E-state index in [4.69, 9.17) is 9.72 Å². The summed E-state index contributed by atoms with van der Waals surface area (Å²) in [5, 5.41) is 17.5. The Kier molecular flexibility index (Phi) is 17.3. The number of carbonyl (C=O) groups excluding carboxylic acids is 3. The van der Waals surface area contributed by atoms with Crippen LogP contribution >= 0.6 is 0 Å². The highest BCUT2D eigenvalue weighted by molar-refractivity contribution is 5.95. The van der Waals surface area contributed by atoms with Gasteiger partial charge in [0.25, 0.3) is 5.91 Å². The van der Waals surface area contributed by atoms with Crippen LogP contribution in [0, 0.1) is 6.92 Å². The molecule has 2 aliphatic rings. The molecular formula is C33H48F3N9O5. The molecule has 17 heteroatoms. The average Bonchev–Trinajstić information content (AvgIpc) is 3.51. The van der Waals surface area contributed by atoms with Gasteiger partial charge in [-0.05, 0) is 51.8 Å². The van der Waals surface area contributed by atoms with Crippen molar-refractivity contribution in [1.82, 2.24) is 39.8 Å². The predicted molar refractivity (Wildman–Crippen MR) is 182 cm³/mol. The molecule has 0 aliphatic carbocycles. The number of halogens is 3. The van der Waals surface area contributed by atoms with E-state index < -0.39 is 18.5 Å². The van der Waals surface area contributed by atoms with E-state index in [2.05, 4.69) is 33.5 Å². The van der Waals surface area contributed by atoms with Crippen LogP contribution in [-0.4, -0.2) is 124 Å². The monoisotopic (exact) mass is 707 g/mol. The number of aromatic hydroxyl groups is 1. The van der Waals surface area contributed by atoms with E-state index in [9.17, 15) is 32.7 Å². The van der Waals surface area contributed by atoms with Gasteiger partial charge in [-0.1, -0.05) is 13.0 Å². The summed E-state index contributed by atoms with van der Waals surface area (Å²) in [6.45, 7) is 12.7. The summed E-state index contributed by atoms with van der Waals surface area (Å²) in [6, 6.07) is 0. The Bertz CT molecular complexity index is 1470. The first kappa shape index (κ1) is 41.5. The molecule has 1 amide bonds. The number of piperazine rings is 1. The molecule has 0 saturated carbocycles. The van der Waals surface area contributed by atoms with Crippen molar-refractivity contribution in [3.63, 3.8) is 0 Å². The van der Waals surface area contributed by atoms with Gasteiger partial charge in [0.1, 0.15) is 12.6 Å². The number of aromatic nitrogens is 5. The number of hydrogen-bond donors (Lipinski definition) is 2. The number of aldehydes is 2. The zero-order valence-corrected chi connectivity index (χ0v) is 29.2. The Hall–Kier alpha value is -4.64. The maximum Gasteiger partial charge on any atom is 0.389 e. The quantitative estimate of drug-likeness (QED) is 0.135. The van der Waals surface area contributed by atoms with Crippen molar-refractivity contribution < 1.29 is 37.4 Å². The van der Waals surface area contributed by atoms with Crippen molar-refractivity contribution in [2.45, 2.75) is 52.1 Å². The second-order valence-corrected chi connectivity index (χ2v) is 11.1. The lowest BCUT2D eigenvalue weighted by atomic mass is 10.1. The predicted octanol–water partition coefficient (Wildman–Crippen LogP) is 3.45. The standard InChI is InChI=1S/C25H32N8O5.C6H12F3N.C2H4/c1-4-19(33(11-12-34)25-28-23(29-30(25)3)18-5-13-38-14-6-18)20(15-35)31-7-9-32(10-8-31)24(37)21-22(36)17(2)26-16-27-21;1-10-5-3-2-4-6(7,8)9;1-2/h5,12,15-16,36H,4,6-11,13-14H2,1-3H3;10H,2-5H2,1H3;1-2H2/b20-19+;;. The fraction of sp³-hybridized carbons (Fsp3) is 0.545. The highest BCUT2D eigenvalue weighted by Gasteiger charge is 2.30. The van der Waals surface area contributed by atoms with E-state index in [-0.39, 0.29) is 24.4 Å². The maximum absolute atomic E-state index is 13.0. The van der Waals surface area contributed by atoms with Crippen molar-refractivity contribution in [3.05, 3.63) is 54.2 Å². The van der Waals surface area contributed by atoms with Crippen molar-refractivity contribution in [2.75, 3.05) is 64.4 Å². The molecule has 0 unspecified atom stereocenters. The van der Waals surface area contributed by atoms with Crippen LogP contribution in [0.25, 0.3) is 5.57 Å². The number of unbranched alkanes of at least 4 members (excludes halogenated alkanes) is 1. The molecule has 4 heterocycles. The number of anilines is 1. The van der Waals surface area contributed by atoms with E-state index in [0.29, 0.717) is 94.1 Å². The van der Waals surface area contributed by atoms with Gasteiger partial charge < -0.3 is 34.7 Å². The molecule has 14 nitrogen and oxygen atoms in total. The fourth-order valence-electron chi connectivity index (χ4n) is 5.25. The lowest BCUT2D eigenvalue weighted by Gasteiger charge is -2.37. The lowest BCUT2D eigenvalue weighted by molar-refractivity contribution is -0.135. The largest absolute Gasteiger partial charge is 0.504 e. The van der Waals surface area contributed by atoms with E-state index in [1.807, 2.05) is 17.9 Å². The fourth-order valence-corrected chi connectivity index (χ4v) is 5.25. The maximum atomic E-state index is 13.0.